The third-order valence-electron chi connectivity index (χ3n) is 10.9. The van der Waals surface area contributed by atoms with Crippen LogP contribution in [0, 0.1) is 22.7 Å². The molecule has 0 aromatic heterocycles. The molecule has 0 aliphatic heterocycles. The molecule has 0 aliphatic carbocycles. The van der Waals surface area contributed by atoms with Crippen molar-refractivity contribution in [2.24, 2.45) is 0 Å². The van der Waals surface area contributed by atoms with Crippen molar-refractivity contribution in [3.63, 3.8) is 0 Å². The molecule has 0 spiro atoms. The van der Waals surface area contributed by atoms with Crippen molar-refractivity contribution in [2.75, 3.05) is 0 Å². The van der Waals surface area contributed by atoms with Crippen LogP contribution in [0.3, 0.4) is 0 Å². The molecule has 0 aliphatic rings. The topological polar surface area (TPSA) is 166 Å². The third kappa shape index (κ3) is 4.15. The van der Waals surface area contributed by atoms with Crippen LogP contribution in [0.25, 0.3) is 86.2 Å². The maximum atomic E-state index is 14.2. The summed E-state index contributed by atoms with van der Waals surface area (Å²) in [6.45, 7) is 0. The molecule has 10 aromatic carbocycles. The molecule has 0 fully saturated rings. The molecule has 0 amide bonds. The van der Waals surface area contributed by atoms with Crippen molar-refractivity contribution in [1.82, 2.24) is 0 Å². The first-order valence-electron chi connectivity index (χ1n) is 17.1. The van der Waals surface area contributed by atoms with E-state index in [4.69, 9.17) is 4.74 Å². The number of rotatable bonds is 4. The fourth-order valence-corrected chi connectivity index (χ4v) is 8.69. The molecule has 0 bridgehead atoms. The minimum atomic E-state index is -1.29. The highest BCUT2D eigenvalue weighted by Crippen LogP contribution is 2.45. The molecule has 0 saturated heterocycles. The van der Waals surface area contributed by atoms with Gasteiger partial charge in [0.15, 0.2) is 0 Å². The zero-order valence-corrected chi connectivity index (χ0v) is 28.2. The molecule has 2 N–H and O–H groups in total. The van der Waals surface area contributed by atoms with Crippen LogP contribution < -0.4 is 0 Å². The molecule has 10 rings (SSSR count). The van der Waals surface area contributed by atoms with E-state index in [0.717, 1.165) is 43.1 Å². The molecule has 9 heteroatoms. The van der Waals surface area contributed by atoms with E-state index >= 15 is 0 Å². The van der Waals surface area contributed by atoms with Gasteiger partial charge in [-0.05, 0) is 101 Å². The zero-order valence-electron chi connectivity index (χ0n) is 28.2. The molecule has 10 aromatic rings. The summed E-state index contributed by atoms with van der Waals surface area (Å²) in [6, 6.07) is 34.9. The van der Waals surface area contributed by atoms with Crippen molar-refractivity contribution >= 4 is 110 Å². The molecule has 55 heavy (non-hydrogen) atoms. The number of nitrogens with zero attached hydrogens (tertiary/aromatic N) is 2. The zero-order chi connectivity index (χ0) is 37.9. The highest BCUT2D eigenvalue weighted by molar-refractivity contribution is 6.38. The van der Waals surface area contributed by atoms with Crippen LogP contribution in [0.1, 0.15) is 52.6 Å². The number of esters is 2. The van der Waals surface area contributed by atoms with E-state index in [2.05, 4.69) is 12.1 Å². The van der Waals surface area contributed by atoms with Gasteiger partial charge in [0.2, 0.25) is 0 Å². The van der Waals surface area contributed by atoms with Crippen LogP contribution in [0.5, 0.6) is 0 Å². The highest BCUT2D eigenvalue weighted by atomic mass is 16.6. The van der Waals surface area contributed by atoms with E-state index < -0.39 is 23.9 Å². The lowest BCUT2D eigenvalue weighted by Gasteiger charge is -2.18. The first-order valence-corrected chi connectivity index (χ1v) is 17.1. The Hall–Kier alpha value is -8.14. The van der Waals surface area contributed by atoms with Gasteiger partial charge in [-0.3, -0.25) is 0 Å². The van der Waals surface area contributed by atoms with Gasteiger partial charge in [0, 0.05) is 21.5 Å². The van der Waals surface area contributed by atoms with Crippen LogP contribution in [0.2, 0.25) is 0 Å². The SMILES string of the molecule is N#Cc1ccc2c3ccc(C(=O)O)c4c(C(=O)OC(=O)c5ccc6c7cccc8c(C#N)ccc(c9ccc(C(=O)O)c5c96)c87)ccc(c5cccc1c25)c43. The summed E-state index contributed by atoms with van der Waals surface area (Å²) in [4.78, 5) is 53.7. The van der Waals surface area contributed by atoms with Crippen LogP contribution in [0.4, 0.5) is 0 Å². The van der Waals surface area contributed by atoms with Crippen LogP contribution in [-0.2, 0) is 4.74 Å². The summed E-state index contributed by atoms with van der Waals surface area (Å²) in [5.74, 6) is -4.81. The van der Waals surface area contributed by atoms with E-state index in [1.54, 1.807) is 48.5 Å². The second kappa shape index (κ2) is 11.2. The number of carboxylic acids is 2. The average molecular weight is 713 g/mol. The van der Waals surface area contributed by atoms with E-state index in [0.29, 0.717) is 43.4 Å². The van der Waals surface area contributed by atoms with Gasteiger partial charge in [0.05, 0.1) is 45.5 Å². The summed E-state index contributed by atoms with van der Waals surface area (Å²) in [7, 11) is 0. The van der Waals surface area contributed by atoms with Crippen LogP contribution in [0.15, 0.2) is 109 Å². The van der Waals surface area contributed by atoms with Gasteiger partial charge in [-0.2, -0.15) is 10.5 Å². The Bertz CT molecular complexity index is 3260. The molecule has 0 atom stereocenters. The number of carboxylic acid groups (broad SMARTS) is 2. The number of carbonyl (C=O) groups is 4. The lowest BCUT2D eigenvalue weighted by atomic mass is 9.85. The fraction of sp³-hybridized carbons (Fsp3) is 0. The van der Waals surface area contributed by atoms with Crippen molar-refractivity contribution in [3.05, 3.63) is 143 Å². The van der Waals surface area contributed by atoms with E-state index in [1.807, 2.05) is 36.4 Å². The van der Waals surface area contributed by atoms with Gasteiger partial charge in [-0.15, -0.1) is 0 Å². The van der Waals surface area contributed by atoms with Gasteiger partial charge < -0.3 is 14.9 Å². The average Bonchev–Trinajstić information content (AvgIpc) is 3.20. The summed E-state index contributed by atoms with van der Waals surface area (Å²) < 4.78 is 5.55. The Labute approximate surface area is 308 Å². The largest absolute Gasteiger partial charge is 0.478 e. The molecule has 0 unspecified atom stereocenters. The summed E-state index contributed by atoms with van der Waals surface area (Å²) >= 11 is 0. The number of aromatic carboxylic acids is 2. The van der Waals surface area contributed by atoms with E-state index in [1.165, 1.54) is 24.3 Å². The van der Waals surface area contributed by atoms with Gasteiger partial charge in [0.25, 0.3) is 0 Å². The number of fused-ring (bicyclic) bond motifs is 4. The Kier molecular flexibility index (Phi) is 6.42. The van der Waals surface area contributed by atoms with Gasteiger partial charge in [0.1, 0.15) is 0 Å². The maximum Gasteiger partial charge on any atom is 0.346 e. The standard InChI is InChI=1S/C46H20N2O7/c47-19-21-7-9-27-31-11-15-33(43(49)50)41-35(17-13-29(39(31)41)25-5-1-3-23(21)37(25)27)45(53)55-46(54)36-18-14-30-26-6-2-4-24-22(20-48)8-10-28(38(24)26)32-12-16-34(44(51)52)42(36)40(30)32/h1-18H,(H,49,50)(H,51,52). The van der Waals surface area contributed by atoms with E-state index in [-0.39, 0.29) is 33.0 Å². The Morgan fingerprint density at radius 1 is 0.382 bits per heavy atom. The minimum Gasteiger partial charge on any atom is -0.478 e. The quantitative estimate of drug-likeness (QED) is 0.0781. The summed E-state index contributed by atoms with van der Waals surface area (Å²) in [6.07, 6.45) is 0. The monoisotopic (exact) mass is 712 g/mol. The molecular weight excluding hydrogens is 693 g/mol. The highest BCUT2D eigenvalue weighted by Gasteiger charge is 2.28. The first kappa shape index (κ1) is 31.6. The lowest BCUT2D eigenvalue weighted by Crippen LogP contribution is -2.15. The molecule has 256 valence electrons. The third-order valence-corrected chi connectivity index (χ3v) is 10.9. The predicted octanol–water partition coefficient (Wildman–Crippen LogP) is 9.92. The molecule has 0 radical (unpaired) electrons. The molecule has 0 heterocycles. The predicted molar refractivity (Wildman–Crippen MR) is 208 cm³/mol. The van der Waals surface area contributed by atoms with E-state index in [9.17, 15) is 39.9 Å². The minimum absolute atomic E-state index is 0.0804. The Morgan fingerprint density at radius 3 is 1.05 bits per heavy atom. The number of ether oxygens (including phenoxy) is 1. The second-order valence-electron chi connectivity index (χ2n) is 13.4. The normalized spacial score (nSPS) is 11.7. The number of carbonyl (C=O) groups excluding carboxylic acids is 2. The van der Waals surface area contributed by atoms with Crippen molar-refractivity contribution < 1.29 is 34.1 Å². The second-order valence-corrected chi connectivity index (χ2v) is 13.4. The van der Waals surface area contributed by atoms with Crippen molar-refractivity contribution in [1.29, 1.82) is 10.5 Å². The van der Waals surface area contributed by atoms with Crippen molar-refractivity contribution in [3.8, 4) is 12.1 Å². The molecule has 9 nitrogen and oxygen atoms in total. The summed E-state index contributed by atoms with van der Waals surface area (Å²) in [5, 5.41) is 50.2. The Morgan fingerprint density at radius 2 is 0.691 bits per heavy atom. The molecule has 0 saturated carbocycles. The lowest BCUT2D eigenvalue weighted by molar-refractivity contribution is 0.0400. The number of hydrogen-bond donors (Lipinski definition) is 2. The van der Waals surface area contributed by atoms with Gasteiger partial charge in [-0.25, -0.2) is 19.2 Å². The number of nitriles is 2. The first-order chi connectivity index (χ1) is 26.7. The van der Waals surface area contributed by atoms with Gasteiger partial charge >= 0.3 is 23.9 Å². The van der Waals surface area contributed by atoms with Gasteiger partial charge in [-0.1, -0.05) is 72.8 Å². The van der Waals surface area contributed by atoms with Crippen LogP contribution >= 0.6 is 0 Å². The Balaban J connectivity index is 1.19. The fourth-order valence-electron chi connectivity index (χ4n) is 8.69. The molecular formula is C46H20N2O7. The van der Waals surface area contributed by atoms with Crippen molar-refractivity contribution in [2.45, 2.75) is 0 Å². The maximum absolute atomic E-state index is 14.2. The van der Waals surface area contributed by atoms with Crippen LogP contribution in [-0.4, -0.2) is 34.1 Å². The number of benzene rings is 10. The summed E-state index contributed by atoms with van der Waals surface area (Å²) in [5.41, 5.74) is 0.301. The number of hydrogen-bond acceptors (Lipinski definition) is 7. The smallest absolute Gasteiger partial charge is 0.346 e.